The van der Waals surface area contributed by atoms with Crippen molar-refractivity contribution in [3.63, 3.8) is 0 Å². The predicted molar refractivity (Wildman–Crippen MR) is 122 cm³/mol. The molecule has 1 atom stereocenters. The minimum absolute atomic E-state index is 0.0261. The Morgan fingerprint density at radius 1 is 1.03 bits per heavy atom. The first-order valence-corrected chi connectivity index (χ1v) is 10.4. The average Bonchev–Trinajstić information content (AvgIpc) is 2.80. The molecule has 1 aliphatic rings. The van der Waals surface area contributed by atoms with Crippen LogP contribution >= 0.6 is 0 Å². The second kappa shape index (κ2) is 9.12. The van der Waals surface area contributed by atoms with Gasteiger partial charge in [0.1, 0.15) is 5.82 Å². The third kappa shape index (κ3) is 4.99. The highest BCUT2D eigenvalue weighted by Crippen LogP contribution is 2.25. The zero-order chi connectivity index (χ0) is 21.8. The molecule has 0 aliphatic carbocycles. The van der Waals surface area contributed by atoms with Crippen LogP contribution in [0.15, 0.2) is 60.7 Å². The van der Waals surface area contributed by atoms with E-state index in [1.165, 1.54) is 12.1 Å². The van der Waals surface area contributed by atoms with Gasteiger partial charge in [0.2, 0.25) is 5.91 Å². The van der Waals surface area contributed by atoms with Crippen LogP contribution < -0.4 is 15.1 Å². The lowest BCUT2D eigenvalue weighted by Gasteiger charge is -2.32. The molecule has 4 rings (SSSR count). The van der Waals surface area contributed by atoms with Gasteiger partial charge in [0.25, 0.3) is 0 Å². The molecule has 2 heterocycles. The molecule has 0 bridgehead atoms. The van der Waals surface area contributed by atoms with E-state index < -0.39 is 0 Å². The summed E-state index contributed by atoms with van der Waals surface area (Å²) < 4.78 is 13.1. The van der Waals surface area contributed by atoms with E-state index in [1.54, 1.807) is 12.1 Å². The summed E-state index contributed by atoms with van der Waals surface area (Å²) in [5.74, 6) is 0.386. The van der Waals surface area contributed by atoms with Gasteiger partial charge in [-0.2, -0.15) is 0 Å². The van der Waals surface area contributed by atoms with Gasteiger partial charge in [0.15, 0.2) is 5.82 Å². The Balaban J connectivity index is 1.39. The second-order valence-electron chi connectivity index (χ2n) is 8.00. The molecule has 1 aromatic heterocycles. The molecule has 6 nitrogen and oxygen atoms in total. The van der Waals surface area contributed by atoms with Crippen LogP contribution in [0.2, 0.25) is 0 Å². The second-order valence-corrected chi connectivity index (χ2v) is 8.00. The van der Waals surface area contributed by atoms with Gasteiger partial charge in [-0.15, -0.1) is 10.2 Å². The smallest absolute Gasteiger partial charge is 0.229 e. The van der Waals surface area contributed by atoms with Gasteiger partial charge >= 0.3 is 0 Å². The summed E-state index contributed by atoms with van der Waals surface area (Å²) in [4.78, 5) is 16.9. The fraction of sp³-hybridized carbons (Fsp3) is 0.292. The van der Waals surface area contributed by atoms with Crippen molar-refractivity contribution in [1.29, 1.82) is 0 Å². The number of rotatable bonds is 5. The lowest BCUT2D eigenvalue weighted by atomic mass is 9.97. The molecule has 2 aromatic carbocycles. The molecule has 1 aliphatic heterocycles. The van der Waals surface area contributed by atoms with Crippen molar-refractivity contribution in [3.05, 3.63) is 66.5 Å². The van der Waals surface area contributed by atoms with Crippen molar-refractivity contribution in [1.82, 2.24) is 10.2 Å². The molecule has 1 unspecified atom stereocenters. The fourth-order valence-corrected chi connectivity index (χ4v) is 3.75. The number of anilines is 3. The number of carbonyl (C=O) groups is 1. The van der Waals surface area contributed by atoms with Gasteiger partial charge in [-0.3, -0.25) is 4.79 Å². The normalized spacial score (nSPS) is 16.1. The summed E-state index contributed by atoms with van der Waals surface area (Å²) in [5.41, 5.74) is 3.40. The minimum Gasteiger partial charge on any atom is -0.378 e. The van der Waals surface area contributed by atoms with E-state index in [0.717, 1.165) is 42.1 Å². The van der Waals surface area contributed by atoms with Gasteiger partial charge in [-0.25, -0.2) is 4.39 Å². The van der Waals surface area contributed by atoms with Crippen molar-refractivity contribution < 1.29 is 9.18 Å². The topological polar surface area (TPSA) is 61.4 Å². The highest BCUT2D eigenvalue weighted by molar-refractivity contribution is 5.93. The number of nitrogens with one attached hydrogen (secondary N) is 1. The third-order valence-corrected chi connectivity index (χ3v) is 5.56. The van der Waals surface area contributed by atoms with Crippen LogP contribution in [0.25, 0.3) is 11.3 Å². The zero-order valence-electron chi connectivity index (χ0n) is 17.8. The molecule has 1 saturated heterocycles. The van der Waals surface area contributed by atoms with Crippen molar-refractivity contribution >= 4 is 23.1 Å². The maximum Gasteiger partial charge on any atom is 0.229 e. The van der Waals surface area contributed by atoms with Gasteiger partial charge in [-0.1, -0.05) is 0 Å². The number of hydrogen-bond acceptors (Lipinski definition) is 5. The molecule has 1 N–H and O–H groups in total. The summed E-state index contributed by atoms with van der Waals surface area (Å²) in [6, 6.07) is 17.8. The molecule has 7 heteroatoms. The van der Waals surface area contributed by atoms with E-state index in [1.807, 2.05) is 55.4 Å². The molecule has 3 aromatic rings. The summed E-state index contributed by atoms with van der Waals surface area (Å²) in [5, 5.41) is 11.7. The highest BCUT2D eigenvalue weighted by atomic mass is 19.1. The van der Waals surface area contributed by atoms with Gasteiger partial charge in [0.05, 0.1) is 11.6 Å². The largest absolute Gasteiger partial charge is 0.378 e. The van der Waals surface area contributed by atoms with Crippen LogP contribution in [0.1, 0.15) is 12.8 Å². The van der Waals surface area contributed by atoms with E-state index in [9.17, 15) is 9.18 Å². The fourth-order valence-electron chi connectivity index (χ4n) is 3.75. The summed E-state index contributed by atoms with van der Waals surface area (Å²) >= 11 is 0. The third-order valence-electron chi connectivity index (χ3n) is 5.56. The Morgan fingerprint density at radius 3 is 2.42 bits per heavy atom. The first-order valence-electron chi connectivity index (χ1n) is 10.4. The number of carbonyl (C=O) groups excluding carboxylic acids is 1. The van der Waals surface area contributed by atoms with E-state index >= 15 is 0 Å². The molecule has 0 radical (unpaired) electrons. The van der Waals surface area contributed by atoms with Crippen molar-refractivity contribution in [3.8, 4) is 11.3 Å². The minimum atomic E-state index is -0.278. The molecular weight excluding hydrogens is 393 g/mol. The Bertz CT molecular complexity index is 1020. The van der Waals surface area contributed by atoms with E-state index in [4.69, 9.17) is 0 Å². The molecule has 0 saturated carbocycles. The first kappa shape index (κ1) is 20.8. The predicted octanol–water partition coefficient (Wildman–Crippen LogP) is 4.20. The van der Waals surface area contributed by atoms with Crippen LogP contribution in [0.4, 0.5) is 21.6 Å². The van der Waals surface area contributed by atoms with Gasteiger partial charge in [0, 0.05) is 44.1 Å². The monoisotopic (exact) mass is 419 g/mol. The number of halogens is 1. The van der Waals surface area contributed by atoms with E-state index in [2.05, 4.69) is 20.4 Å². The van der Waals surface area contributed by atoms with E-state index in [0.29, 0.717) is 12.2 Å². The molecule has 1 fully saturated rings. The van der Waals surface area contributed by atoms with Crippen LogP contribution in [0.5, 0.6) is 0 Å². The Labute approximate surface area is 181 Å². The quantitative estimate of drug-likeness (QED) is 0.672. The maximum absolute atomic E-state index is 13.1. The number of piperidine rings is 1. The highest BCUT2D eigenvalue weighted by Gasteiger charge is 2.27. The molecule has 31 heavy (non-hydrogen) atoms. The van der Waals surface area contributed by atoms with Crippen LogP contribution in [-0.2, 0) is 4.79 Å². The first-order chi connectivity index (χ1) is 15.0. The van der Waals surface area contributed by atoms with Gasteiger partial charge in [-0.05, 0) is 73.5 Å². The Kier molecular flexibility index (Phi) is 6.11. The molecule has 160 valence electrons. The number of amides is 1. The van der Waals surface area contributed by atoms with Gasteiger partial charge < -0.3 is 15.1 Å². The lowest BCUT2D eigenvalue weighted by Crippen LogP contribution is -2.41. The summed E-state index contributed by atoms with van der Waals surface area (Å²) in [6.45, 7) is 1.44. The lowest BCUT2D eigenvalue weighted by molar-refractivity contribution is -0.120. The molecule has 1 amide bonds. The number of hydrogen-bond donors (Lipinski definition) is 1. The SMILES string of the molecule is CN(C)c1ccc(NC(=O)C2CCCN(c3ccc(-c4ccc(F)cc4)nn3)C2)cc1. The van der Waals surface area contributed by atoms with Crippen LogP contribution in [0, 0.1) is 11.7 Å². The average molecular weight is 420 g/mol. The summed E-state index contributed by atoms with van der Waals surface area (Å²) in [7, 11) is 3.97. The standard InChI is InChI=1S/C24H26FN5O/c1-29(2)21-11-9-20(10-12-21)26-24(31)18-4-3-15-30(16-18)23-14-13-22(27-28-23)17-5-7-19(25)8-6-17/h5-14,18H,3-4,15-16H2,1-2H3,(H,26,31). The number of nitrogens with zero attached hydrogens (tertiary/aromatic N) is 4. The van der Waals surface area contributed by atoms with Crippen molar-refractivity contribution in [2.75, 3.05) is 42.3 Å². The van der Waals surface area contributed by atoms with Crippen LogP contribution in [0.3, 0.4) is 0 Å². The molecular formula is C24H26FN5O. The van der Waals surface area contributed by atoms with Crippen LogP contribution in [-0.4, -0.2) is 43.3 Å². The van der Waals surface area contributed by atoms with E-state index in [-0.39, 0.29) is 17.6 Å². The summed E-state index contributed by atoms with van der Waals surface area (Å²) in [6.07, 6.45) is 1.76. The van der Waals surface area contributed by atoms with Crippen molar-refractivity contribution in [2.45, 2.75) is 12.8 Å². The zero-order valence-corrected chi connectivity index (χ0v) is 17.8. The maximum atomic E-state index is 13.1. The number of benzene rings is 2. The van der Waals surface area contributed by atoms with Crippen molar-refractivity contribution in [2.24, 2.45) is 5.92 Å². The number of aromatic nitrogens is 2. The Hall–Kier alpha value is -3.48. The molecule has 0 spiro atoms. The Morgan fingerprint density at radius 2 is 1.77 bits per heavy atom.